The second-order valence-electron chi connectivity index (χ2n) is 5.92. The maximum Gasteiger partial charge on any atom is 0.308 e. The van der Waals surface area contributed by atoms with Crippen LogP contribution < -0.4 is 10.6 Å². The fraction of sp³-hybridized carbons (Fsp3) is 0.190. The third kappa shape index (κ3) is 7.41. The predicted molar refractivity (Wildman–Crippen MR) is 104 cm³/mol. The van der Waals surface area contributed by atoms with Gasteiger partial charge >= 0.3 is 5.97 Å². The van der Waals surface area contributed by atoms with Crippen LogP contribution in [0.15, 0.2) is 60.7 Å². The Bertz CT molecular complexity index is 852. The lowest BCUT2D eigenvalue weighted by atomic mass is 10.2. The van der Waals surface area contributed by atoms with E-state index < -0.39 is 23.8 Å². The number of esters is 1. The van der Waals surface area contributed by atoms with Crippen LogP contribution in [0.2, 0.25) is 0 Å². The first kappa shape index (κ1) is 20.8. The summed E-state index contributed by atoms with van der Waals surface area (Å²) in [5.41, 5.74) is 1.15. The summed E-state index contributed by atoms with van der Waals surface area (Å²) in [6.45, 7) is 1.49. The molecule has 0 fully saturated rings. The Morgan fingerprint density at radius 1 is 1.11 bits per heavy atom. The number of hydrogen-bond acceptors (Lipinski definition) is 4. The molecule has 1 atom stereocenters. The molecule has 0 bridgehead atoms. The number of ether oxygens (including phenoxy) is 1. The number of rotatable bonds is 8. The molecule has 146 valence electrons. The van der Waals surface area contributed by atoms with E-state index in [1.54, 1.807) is 6.08 Å². The SMILES string of the molecule is C[C@H](OC(=O)CCNC(=O)/C=C/c1ccccc1)C(=O)Nc1cccc(F)c1. The normalized spacial score (nSPS) is 11.6. The molecule has 7 heteroatoms. The van der Waals surface area contributed by atoms with Gasteiger partial charge in [-0.05, 0) is 36.8 Å². The average Bonchev–Trinajstić information content (AvgIpc) is 2.67. The average molecular weight is 384 g/mol. The first-order valence-electron chi connectivity index (χ1n) is 8.71. The maximum absolute atomic E-state index is 13.1. The van der Waals surface area contributed by atoms with E-state index >= 15 is 0 Å². The first-order valence-corrected chi connectivity index (χ1v) is 8.71. The topological polar surface area (TPSA) is 84.5 Å². The van der Waals surface area contributed by atoms with Crippen LogP contribution >= 0.6 is 0 Å². The van der Waals surface area contributed by atoms with Crippen LogP contribution in [-0.4, -0.2) is 30.4 Å². The van der Waals surface area contributed by atoms with E-state index in [0.717, 1.165) is 11.6 Å². The van der Waals surface area contributed by atoms with Crippen molar-refractivity contribution in [1.82, 2.24) is 5.32 Å². The minimum Gasteiger partial charge on any atom is -0.452 e. The predicted octanol–water partition coefficient (Wildman–Crippen LogP) is 2.92. The molecule has 6 nitrogen and oxygen atoms in total. The van der Waals surface area contributed by atoms with Crippen LogP contribution in [0.4, 0.5) is 10.1 Å². The van der Waals surface area contributed by atoms with Crippen molar-refractivity contribution in [3.63, 3.8) is 0 Å². The number of hydrogen-bond donors (Lipinski definition) is 2. The van der Waals surface area contributed by atoms with Gasteiger partial charge in [-0.25, -0.2) is 4.39 Å². The lowest BCUT2D eigenvalue weighted by Crippen LogP contribution is -2.31. The number of anilines is 1. The minimum atomic E-state index is -1.05. The van der Waals surface area contributed by atoms with Gasteiger partial charge in [-0.1, -0.05) is 36.4 Å². The largest absolute Gasteiger partial charge is 0.452 e. The Morgan fingerprint density at radius 2 is 1.86 bits per heavy atom. The number of carbonyl (C=O) groups is 3. The molecule has 0 aromatic heterocycles. The van der Waals surface area contributed by atoms with Gasteiger partial charge < -0.3 is 15.4 Å². The van der Waals surface area contributed by atoms with E-state index in [-0.39, 0.29) is 24.6 Å². The van der Waals surface area contributed by atoms with Crippen LogP contribution in [0.25, 0.3) is 6.08 Å². The number of carbonyl (C=O) groups excluding carboxylic acids is 3. The van der Waals surface area contributed by atoms with Gasteiger partial charge in [0.05, 0.1) is 6.42 Å². The van der Waals surface area contributed by atoms with Crippen molar-refractivity contribution in [2.45, 2.75) is 19.4 Å². The summed E-state index contributed by atoms with van der Waals surface area (Å²) in [5.74, 6) is -2.03. The molecular weight excluding hydrogens is 363 g/mol. The Labute approximate surface area is 162 Å². The monoisotopic (exact) mass is 384 g/mol. The molecule has 2 aromatic carbocycles. The Balaban J connectivity index is 1.69. The van der Waals surface area contributed by atoms with Crippen LogP contribution in [0, 0.1) is 5.82 Å². The molecule has 0 saturated carbocycles. The van der Waals surface area contributed by atoms with Gasteiger partial charge in [0.25, 0.3) is 5.91 Å². The first-order chi connectivity index (χ1) is 13.4. The molecule has 0 saturated heterocycles. The van der Waals surface area contributed by atoms with Crippen molar-refractivity contribution in [2.75, 3.05) is 11.9 Å². The van der Waals surface area contributed by atoms with Crippen LogP contribution in [0.1, 0.15) is 18.9 Å². The lowest BCUT2D eigenvalue weighted by Gasteiger charge is -2.13. The van der Waals surface area contributed by atoms with Crippen LogP contribution in [-0.2, 0) is 19.1 Å². The highest BCUT2D eigenvalue weighted by molar-refractivity contribution is 5.95. The zero-order chi connectivity index (χ0) is 20.4. The summed E-state index contributed by atoms with van der Waals surface area (Å²) in [7, 11) is 0. The van der Waals surface area contributed by atoms with Gasteiger partial charge in [0.1, 0.15) is 5.82 Å². The molecular formula is C21H21FN2O4. The van der Waals surface area contributed by atoms with Crippen LogP contribution in [0.3, 0.4) is 0 Å². The van der Waals surface area contributed by atoms with Gasteiger partial charge in [0.2, 0.25) is 5.91 Å². The van der Waals surface area contributed by atoms with Crippen molar-refractivity contribution in [1.29, 1.82) is 0 Å². The van der Waals surface area contributed by atoms with Gasteiger partial charge in [0.15, 0.2) is 6.10 Å². The molecule has 28 heavy (non-hydrogen) atoms. The molecule has 0 spiro atoms. The molecule has 0 unspecified atom stereocenters. The van der Waals surface area contributed by atoms with Gasteiger partial charge in [0, 0.05) is 18.3 Å². The zero-order valence-corrected chi connectivity index (χ0v) is 15.4. The summed E-state index contributed by atoms with van der Waals surface area (Å²) in [5, 5.41) is 5.02. The van der Waals surface area contributed by atoms with Crippen molar-refractivity contribution in [2.24, 2.45) is 0 Å². The number of halogens is 1. The molecule has 0 radical (unpaired) electrons. The molecule has 0 heterocycles. The summed E-state index contributed by atoms with van der Waals surface area (Å²) in [6, 6.07) is 14.7. The maximum atomic E-state index is 13.1. The Kier molecular flexibility index (Phi) is 7.90. The summed E-state index contributed by atoms with van der Waals surface area (Å²) in [4.78, 5) is 35.5. The quantitative estimate of drug-likeness (QED) is 0.541. The van der Waals surface area contributed by atoms with E-state index in [1.807, 2.05) is 30.3 Å². The Morgan fingerprint density at radius 3 is 2.57 bits per heavy atom. The van der Waals surface area contributed by atoms with E-state index in [9.17, 15) is 18.8 Å². The van der Waals surface area contributed by atoms with Crippen molar-refractivity contribution in [3.8, 4) is 0 Å². The minimum absolute atomic E-state index is 0.0784. The Hall–Kier alpha value is -3.48. The van der Waals surface area contributed by atoms with Gasteiger partial charge in [-0.2, -0.15) is 0 Å². The van der Waals surface area contributed by atoms with Crippen molar-refractivity contribution >= 4 is 29.5 Å². The zero-order valence-electron chi connectivity index (χ0n) is 15.4. The highest BCUT2D eigenvalue weighted by Crippen LogP contribution is 2.10. The second-order valence-corrected chi connectivity index (χ2v) is 5.92. The second kappa shape index (κ2) is 10.6. The third-order valence-corrected chi connectivity index (χ3v) is 3.62. The summed E-state index contributed by atoms with van der Waals surface area (Å²) in [6.07, 6.45) is 1.90. The van der Waals surface area contributed by atoms with E-state index in [1.165, 1.54) is 31.2 Å². The molecule has 0 aliphatic rings. The fourth-order valence-electron chi connectivity index (χ4n) is 2.20. The fourth-order valence-corrected chi connectivity index (χ4v) is 2.20. The number of nitrogens with one attached hydrogen (secondary N) is 2. The van der Waals surface area contributed by atoms with Crippen molar-refractivity contribution < 1.29 is 23.5 Å². The smallest absolute Gasteiger partial charge is 0.308 e. The molecule has 2 amide bonds. The standard InChI is InChI=1S/C21H21FN2O4/c1-15(21(27)24-18-9-5-8-17(22)14-18)28-20(26)12-13-23-19(25)11-10-16-6-3-2-4-7-16/h2-11,14-15H,12-13H2,1H3,(H,23,25)(H,24,27)/b11-10+/t15-/m0/s1. The number of amides is 2. The number of benzene rings is 2. The van der Waals surface area contributed by atoms with E-state index in [2.05, 4.69) is 10.6 Å². The van der Waals surface area contributed by atoms with Gasteiger partial charge in [-0.3, -0.25) is 14.4 Å². The molecule has 2 aromatic rings. The molecule has 0 aliphatic heterocycles. The van der Waals surface area contributed by atoms with E-state index in [0.29, 0.717) is 0 Å². The lowest BCUT2D eigenvalue weighted by molar-refractivity contribution is -0.153. The highest BCUT2D eigenvalue weighted by atomic mass is 19.1. The molecule has 2 N–H and O–H groups in total. The van der Waals surface area contributed by atoms with Crippen molar-refractivity contribution in [3.05, 3.63) is 72.1 Å². The summed E-state index contributed by atoms with van der Waals surface area (Å²) >= 11 is 0. The van der Waals surface area contributed by atoms with Crippen LogP contribution in [0.5, 0.6) is 0 Å². The molecule has 0 aliphatic carbocycles. The summed E-state index contributed by atoms with van der Waals surface area (Å²) < 4.78 is 18.1. The third-order valence-electron chi connectivity index (χ3n) is 3.62. The highest BCUT2D eigenvalue weighted by Gasteiger charge is 2.18. The molecule has 2 rings (SSSR count). The van der Waals surface area contributed by atoms with Gasteiger partial charge in [-0.15, -0.1) is 0 Å². The van der Waals surface area contributed by atoms with E-state index in [4.69, 9.17) is 4.74 Å².